The lowest BCUT2D eigenvalue weighted by Crippen LogP contribution is -2.49. The molecule has 0 unspecified atom stereocenters. The Kier molecular flexibility index (Phi) is 10.7. The van der Waals surface area contributed by atoms with Gasteiger partial charge in [0.15, 0.2) is 6.61 Å². The first-order chi connectivity index (χ1) is 19.3. The van der Waals surface area contributed by atoms with Crippen LogP contribution in [0.3, 0.4) is 0 Å². The molecule has 10 nitrogen and oxygen atoms in total. The number of hydrogen-bond donors (Lipinski definition) is 3. The zero-order chi connectivity index (χ0) is 28.5. The van der Waals surface area contributed by atoms with Gasteiger partial charge in [-0.15, -0.1) is 0 Å². The molecule has 0 bridgehead atoms. The van der Waals surface area contributed by atoms with Gasteiger partial charge in [0.25, 0.3) is 5.91 Å². The Hall–Kier alpha value is -3.30. The van der Waals surface area contributed by atoms with E-state index >= 15 is 0 Å². The number of likely N-dealkylation sites (tertiary alicyclic amines) is 2. The lowest BCUT2D eigenvalue weighted by molar-refractivity contribution is -0.143. The molecule has 2 heterocycles. The molecule has 1 saturated carbocycles. The Morgan fingerprint density at radius 2 is 1.55 bits per heavy atom. The van der Waals surface area contributed by atoms with Crippen LogP contribution in [0.4, 0.5) is 5.69 Å². The molecular weight excluding hydrogens is 510 g/mol. The van der Waals surface area contributed by atoms with Crippen LogP contribution in [0.1, 0.15) is 69.8 Å². The number of carbonyl (C=O) groups is 4. The summed E-state index contributed by atoms with van der Waals surface area (Å²) in [5.74, 6) is 0.345. The van der Waals surface area contributed by atoms with Gasteiger partial charge >= 0.3 is 0 Å². The molecular formula is C30H45N5O5. The molecule has 10 heteroatoms. The van der Waals surface area contributed by atoms with E-state index in [0.717, 1.165) is 36.9 Å². The van der Waals surface area contributed by atoms with E-state index in [0.29, 0.717) is 57.4 Å². The summed E-state index contributed by atoms with van der Waals surface area (Å²) < 4.78 is 5.76. The van der Waals surface area contributed by atoms with E-state index in [-0.39, 0.29) is 48.5 Å². The Bertz CT molecular complexity index is 1040. The molecule has 0 atom stereocenters. The van der Waals surface area contributed by atoms with E-state index in [1.54, 1.807) is 4.90 Å². The van der Waals surface area contributed by atoms with Gasteiger partial charge in [0.1, 0.15) is 5.75 Å². The second-order valence-electron chi connectivity index (χ2n) is 11.5. The van der Waals surface area contributed by atoms with Crippen molar-refractivity contribution in [3.8, 4) is 5.75 Å². The minimum absolute atomic E-state index is 0.000905. The molecule has 1 aromatic carbocycles. The van der Waals surface area contributed by atoms with Crippen LogP contribution in [0.25, 0.3) is 0 Å². The lowest BCUT2D eigenvalue weighted by Gasteiger charge is -2.37. The SMILES string of the molecule is Cc1ccc(OCC(=O)N2CCC(C(=O)N3CCC(C(=O)NC4CCCCC4)CC3)CC2)cc1NCCC(N)=O. The Morgan fingerprint density at radius 3 is 2.23 bits per heavy atom. The van der Waals surface area contributed by atoms with Gasteiger partial charge in [-0.25, -0.2) is 0 Å². The van der Waals surface area contributed by atoms with Crippen molar-refractivity contribution in [1.29, 1.82) is 0 Å². The monoisotopic (exact) mass is 555 g/mol. The summed E-state index contributed by atoms with van der Waals surface area (Å²) in [6, 6.07) is 5.85. The van der Waals surface area contributed by atoms with E-state index in [1.807, 2.05) is 30.0 Å². The largest absolute Gasteiger partial charge is 0.484 e. The summed E-state index contributed by atoms with van der Waals surface area (Å²) in [7, 11) is 0. The van der Waals surface area contributed by atoms with Gasteiger partial charge in [-0.2, -0.15) is 0 Å². The van der Waals surface area contributed by atoms with Crippen molar-refractivity contribution in [2.24, 2.45) is 17.6 Å². The molecule has 0 aromatic heterocycles. The standard InChI is InChI=1S/C30H45N5O5/c1-21-7-8-25(19-26(21)32-14-9-27(31)36)40-20-28(37)34-15-12-23(13-16-34)30(39)35-17-10-22(11-18-35)29(38)33-24-5-3-2-4-6-24/h7-8,19,22-24,32H,2-6,9-18,20H2,1H3,(H2,31,36)(H,33,38). The fourth-order valence-electron chi connectivity index (χ4n) is 6.00. The number of nitrogens with zero attached hydrogens (tertiary/aromatic N) is 2. The molecule has 4 rings (SSSR count). The van der Waals surface area contributed by atoms with Crippen LogP contribution in [0.15, 0.2) is 18.2 Å². The number of amides is 4. The van der Waals surface area contributed by atoms with Gasteiger partial charge < -0.3 is 30.9 Å². The van der Waals surface area contributed by atoms with E-state index in [9.17, 15) is 19.2 Å². The van der Waals surface area contributed by atoms with Gasteiger partial charge in [-0.05, 0) is 57.1 Å². The summed E-state index contributed by atoms with van der Waals surface area (Å²) in [5, 5.41) is 6.41. The average Bonchev–Trinajstić information content (AvgIpc) is 2.97. The number of benzene rings is 1. The van der Waals surface area contributed by atoms with Crippen molar-refractivity contribution in [2.45, 2.75) is 77.2 Å². The third kappa shape index (κ3) is 8.35. The van der Waals surface area contributed by atoms with Gasteiger partial charge in [0.2, 0.25) is 17.7 Å². The van der Waals surface area contributed by atoms with Gasteiger partial charge in [-0.1, -0.05) is 25.3 Å². The van der Waals surface area contributed by atoms with Crippen LogP contribution >= 0.6 is 0 Å². The van der Waals surface area contributed by atoms with Crippen LogP contribution in [-0.4, -0.2) is 78.8 Å². The van der Waals surface area contributed by atoms with Crippen molar-refractivity contribution in [3.05, 3.63) is 23.8 Å². The second-order valence-corrected chi connectivity index (χ2v) is 11.5. The molecule has 0 spiro atoms. The molecule has 40 heavy (non-hydrogen) atoms. The summed E-state index contributed by atoms with van der Waals surface area (Å²) in [6.45, 7) is 4.64. The molecule has 0 radical (unpaired) electrons. The third-order valence-electron chi connectivity index (χ3n) is 8.58. The molecule has 1 aliphatic carbocycles. The first-order valence-corrected chi connectivity index (χ1v) is 14.9. The molecule has 220 valence electrons. The van der Waals surface area contributed by atoms with Crippen LogP contribution in [-0.2, 0) is 19.2 Å². The highest BCUT2D eigenvalue weighted by atomic mass is 16.5. The Morgan fingerprint density at radius 1 is 0.900 bits per heavy atom. The second kappa shape index (κ2) is 14.4. The number of nitrogens with one attached hydrogen (secondary N) is 2. The van der Waals surface area contributed by atoms with Crippen LogP contribution < -0.4 is 21.1 Å². The maximum atomic E-state index is 13.2. The minimum atomic E-state index is -0.368. The molecule has 1 aromatic rings. The van der Waals surface area contributed by atoms with E-state index in [2.05, 4.69) is 10.6 Å². The molecule has 2 saturated heterocycles. The molecule has 4 N–H and O–H groups in total. The fraction of sp³-hybridized carbons (Fsp3) is 0.667. The van der Waals surface area contributed by atoms with Crippen LogP contribution in [0, 0.1) is 18.8 Å². The van der Waals surface area contributed by atoms with Crippen molar-refractivity contribution in [3.63, 3.8) is 0 Å². The number of hydrogen-bond acceptors (Lipinski definition) is 6. The quantitative estimate of drug-likeness (QED) is 0.406. The van der Waals surface area contributed by atoms with E-state index in [4.69, 9.17) is 10.5 Å². The molecule has 4 amide bonds. The Balaban J connectivity index is 1.16. The number of ether oxygens (including phenoxy) is 1. The zero-order valence-electron chi connectivity index (χ0n) is 23.8. The minimum Gasteiger partial charge on any atom is -0.484 e. The number of anilines is 1. The number of carbonyl (C=O) groups excluding carboxylic acids is 4. The number of nitrogens with two attached hydrogens (primary N) is 1. The highest BCUT2D eigenvalue weighted by Crippen LogP contribution is 2.26. The molecule has 2 aliphatic heterocycles. The smallest absolute Gasteiger partial charge is 0.260 e. The maximum absolute atomic E-state index is 13.2. The summed E-state index contributed by atoms with van der Waals surface area (Å²) >= 11 is 0. The summed E-state index contributed by atoms with van der Waals surface area (Å²) in [4.78, 5) is 53.3. The van der Waals surface area contributed by atoms with Crippen molar-refractivity contribution < 1.29 is 23.9 Å². The maximum Gasteiger partial charge on any atom is 0.260 e. The summed E-state index contributed by atoms with van der Waals surface area (Å²) in [6.07, 6.45) is 8.79. The third-order valence-corrected chi connectivity index (χ3v) is 8.58. The predicted octanol–water partition coefficient (Wildman–Crippen LogP) is 2.59. The number of primary amides is 1. The van der Waals surface area contributed by atoms with Crippen molar-refractivity contribution in [2.75, 3.05) is 44.6 Å². The number of rotatable bonds is 10. The summed E-state index contributed by atoms with van der Waals surface area (Å²) in [5.41, 5.74) is 7.04. The van der Waals surface area contributed by atoms with Gasteiger partial charge in [0.05, 0.1) is 0 Å². The predicted molar refractivity (Wildman–Crippen MR) is 153 cm³/mol. The van der Waals surface area contributed by atoms with E-state index < -0.39 is 0 Å². The Labute approximate surface area is 237 Å². The first kappa shape index (κ1) is 29.7. The highest BCUT2D eigenvalue weighted by molar-refractivity contribution is 5.82. The van der Waals surface area contributed by atoms with Crippen molar-refractivity contribution in [1.82, 2.24) is 15.1 Å². The van der Waals surface area contributed by atoms with Gasteiger partial charge in [-0.3, -0.25) is 19.2 Å². The van der Waals surface area contributed by atoms with Crippen LogP contribution in [0.5, 0.6) is 5.75 Å². The average molecular weight is 556 g/mol. The van der Waals surface area contributed by atoms with Gasteiger partial charge in [0, 0.05) is 68.8 Å². The van der Waals surface area contributed by atoms with Crippen LogP contribution in [0.2, 0.25) is 0 Å². The lowest BCUT2D eigenvalue weighted by atomic mass is 9.90. The molecule has 3 fully saturated rings. The number of piperidine rings is 2. The zero-order valence-corrected chi connectivity index (χ0v) is 23.8. The number of aryl methyl sites for hydroxylation is 1. The fourth-order valence-corrected chi connectivity index (χ4v) is 6.00. The topological polar surface area (TPSA) is 134 Å². The first-order valence-electron chi connectivity index (χ1n) is 14.9. The molecule has 3 aliphatic rings. The highest BCUT2D eigenvalue weighted by Gasteiger charge is 2.34. The van der Waals surface area contributed by atoms with E-state index in [1.165, 1.54) is 19.3 Å². The van der Waals surface area contributed by atoms with Crippen molar-refractivity contribution >= 4 is 29.3 Å². The normalized spacial score (nSPS) is 19.2.